The molecule has 5 heteroatoms. The molecule has 0 bridgehead atoms. The van der Waals surface area contributed by atoms with E-state index in [1.54, 1.807) is 4.90 Å². The van der Waals surface area contributed by atoms with E-state index in [0.29, 0.717) is 6.54 Å². The van der Waals surface area contributed by atoms with Gasteiger partial charge in [0.25, 0.3) is 0 Å². The van der Waals surface area contributed by atoms with Gasteiger partial charge in [0.15, 0.2) is 0 Å². The van der Waals surface area contributed by atoms with Crippen LogP contribution >= 0.6 is 15.9 Å². The Morgan fingerprint density at radius 1 is 1.37 bits per heavy atom. The molecule has 0 unspecified atom stereocenters. The molecule has 1 aromatic rings. The Kier molecular flexibility index (Phi) is 3.87. The fourth-order valence-electron chi connectivity index (χ4n) is 2.54. The van der Waals surface area contributed by atoms with Crippen LogP contribution in [0.15, 0.2) is 22.7 Å². The third-order valence-corrected chi connectivity index (χ3v) is 4.51. The number of benzene rings is 1. The zero-order valence-electron chi connectivity index (χ0n) is 11.6. The Bertz CT molecular complexity index is 501. The van der Waals surface area contributed by atoms with Gasteiger partial charge < -0.3 is 15.5 Å². The van der Waals surface area contributed by atoms with Crippen LogP contribution in [-0.4, -0.2) is 36.5 Å². The summed E-state index contributed by atoms with van der Waals surface area (Å²) >= 11 is 3.54. The fourth-order valence-corrected chi connectivity index (χ4v) is 3.06. The van der Waals surface area contributed by atoms with Crippen LogP contribution in [-0.2, 0) is 11.3 Å². The van der Waals surface area contributed by atoms with Crippen molar-refractivity contribution in [3.63, 3.8) is 0 Å². The van der Waals surface area contributed by atoms with E-state index >= 15 is 0 Å². The molecule has 104 valence electrons. The summed E-state index contributed by atoms with van der Waals surface area (Å²) in [6.45, 7) is 6.03. The molecule has 0 saturated carbocycles. The molecule has 1 amide bonds. The molecule has 1 fully saturated rings. The van der Waals surface area contributed by atoms with Crippen LogP contribution in [0, 0.1) is 0 Å². The van der Waals surface area contributed by atoms with E-state index in [-0.39, 0.29) is 5.91 Å². The number of nitrogens with two attached hydrogens (primary N) is 1. The summed E-state index contributed by atoms with van der Waals surface area (Å²) in [6.07, 6.45) is 0. The van der Waals surface area contributed by atoms with E-state index in [1.165, 1.54) is 0 Å². The number of hydrogen-bond donors (Lipinski definition) is 1. The average Bonchev–Trinajstić information content (AvgIpc) is 2.36. The molecule has 0 atom stereocenters. The minimum absolute atomic E-state index is 0.151. The van der Waals surface area contributed by atoms with Gasteiger partial charge in [0.1, 0.15) is 5.54 Å². The highest BCUT2D eigenvalue weighted by Crippen LogP contribution is 2.31. The van der Waals surface area contributed by atoms with Crippen molar-refractivity contribution in [2.45, 2.75) is 25.9 Å². The molecule has 1 heterocycles. The summed E-state index contributed by atoms with van der Waals surface area (Å²) < 4.78 is 0.995. The summed E-state index contributed by atoms with van der Waals surface area (Å²) in [7, 11) is 1.86. The third kappa shape index (κ3) is 2.49. The lowest BCUT2D eigenvalue weighted by Gasteiger charge is -2.46. The van der Waals surface area contributed by atoms with Gasteiger partial charge in [0.05, 0.1) is 0 Å². The monoisotopic (exact) mass is 325 g/mol. The molecular formula is C14H20BrN3O. The van der Waals surface area contributed by atoms with Gasteiger partial charge in [-0.3, -0.25) is 4.79 Å². The van der Waals surface area contributed by atoms with Crippen molar-refractivity contribution >= 4 is 27.5 Å². The number of anilines is 1. The zero-order chi connectivity index (χ0) is 14.2. The maximum atomic E-state index is 12.3. The minimum Gasteiger partial charge on any atom is -0.356 e. The van der Waals surface area contributed by atoms with E-state index in [1.807, 2.05) is 39.1 Å². The van der Waals surface area contributed by atoms with Crippen molar-refractivity contribution < 1.29 is 4.79 Å². The standard InChI is InChI=1S/C14H20BrN3O/c1-14(2)13(19)17(3)6-7-18(14)11-5-4-10(9-16)12(15)8-11/h4-5,8H,6-7,9,16H2,1-3H3. The van der Waals surface area contributed by atoms with Crippen molar-refractivity contribution in [1.29, 1.82) is 0 Å². The first-order valence-electron chi connectivity index (χ1n) is 6.39. The van der Waals surface area contributed by atoms with Crippen LogP contribution in [0.3, 0.4) is 0 Å². The lowest BCUT2D eigenvalue weighted by atomic mass is 9.96. The van der Waals surface area contributed by atoms with Crippen LogP contribution in [0.2, 0.25) is 0 Å². The van der Waals surface area contributed by atoms with Crippen molar-refractivity contribution in [2.75, 3.05) is 25.0 Å². The molecule has 0 radical (unpaired) electrons. The van der Waals surface area contributed by atoms with E-state index in [4.69, 9.17) is 5.73 Å². The first-order valence-corrected chi connectivity index (χ1v) is 7.19. The molecule has 19 heavy (non-hydrogen) atoms. The molecule has 4 nitrogen and oxygen atoms in total. The van der Waals surface area contributed by atoms with Crippen LogP contribution in [0.5, 0.6) is 0 Å². The average molecular weight is 326 g/mol. The summed E-state index contributed by atoms with van der Waals surface area (Å²) in [5, 5.41) is 0. The molecule has 1 aliphatic rings. The van der Waals surface area contributed by atoms with E-state index in [0.717, 1.165) is 28.8 Å². The number of piperazine rings is 1. The Morgan fingerprint density at radius 3 is 2.63 bits per heavy atom. The Morgan fingerprint density at radius 2 is 2.05 bits per heavy atom. The topological polar surface area (TPSA) is 49.6 Å². The largest absolute Gasteiger partial charge is 0.356 e. The number of carbonyl (C=O) groups excluding carboxylic acids is 1. The summed E-state index contributed by atoms with van der Waals surface area (Å²) in [5.41, 5.74) is 7.27. The van der Waals surface area contributed by atoms with Gasteiger partial charge in [0.2, 0.25) is 5.91 Å². The third-order valence-electron chi connectivity index (χ3n) is 3.77. The first kappa shape index (κ1) is 14.3. The normalized spacial score (nSPS) is 18.9. The Labute approximate surface area is 122 Å². The fraction of sp³-hybridized carbons (Fsp3) is 0.500. The second-order valence-electron chi connectivity index (χ2n) is 5.42. The lowest BCUT2D eigenvalue weighted by Crippen LogP contribution is -2.62. The van der Waals surface area contributed by atoms with Gasteiger partial charge >= 0.3 is 0 Å². The highest BCUT2D eigenvalue weighted by atomic mass is 79.9. The highest BCUT2D eigenvalue weighted by molar-refractivity contribution is 9.10. The minimum atomic E-state index is -0.517. The van der Waals surface area contributed by atoms with Gasteiger partial charge in [-0.25, -0.2) is 0 Å². The molecule has 0 aliphatic carbocycles. The maximum Gasteiger partial charge on any atom is 0.247 e. The number of amides is 1. The van der Waals surface area contributed by atoms with Crippen molar-refractivity contribution in [1.82, 2.24) is 4.90 Å². The smallest absolute Gasteiger partial charge is 0.247 e. The number of rotatable bonds is 2. The molecular weight excluding hydrogens is 306 g/mol. The van der Waals surface area contributed by atoms with Crippen molar-refractivity contribution in [2.24, 2.45) is 5.73 Å². The molecule has 1 saturated heterocycles. The number of likely N-dealkylation sites (N-methyl/N-ethyl adjacent to an activating group) is 1. The zero-order valence-corrected chi connectivity index (χ0v) is 13.2. The molecule has 1 aromatic carbocycles. The van der Waals surface area contributed by atoms with E-state index in [9.17, 15) is 4.79 Å². The maximum absolute atomic E-state index is 12.3. The van der Waals surface area contributed by atoms with Gasteiger partial charge in [-0.05, 0) is 31.5 Å². The molecule has 1 aliphatic heterocycles. The van der Waals surface area contributed by atoms with Gasteiger partial charge in [-0.2, -0.15) is 0 Å². The molecule has 0 spiro atoms. The molecule has 2 N–H and O–H groups in total. The second-order valence-corrected chi connectivity index (χ2v) is 6.27. The van der Waals surface area contributed by atoms with Crippen LogP contribution in [0.4, 0.5) is 5.69 Å². The Balaban J connectivity index is 2.36. The SMILES string of the molecule is CN1CCN(c2ccc(CN)c(Br)c2)C(C)(C)C1=O. The van der Waals surface area contributed by atoms with Crippen LogP contribution < -0.4 is 10.6 Å². The Hall–Kier alpha value is -1.07. The first-order chi connectivity index (χ1) is 8.87. The summed E-state index contributed by atoms with van der Waals surface area (Å²) in [6, 6.07) is 6.09. The number of halogens is 1. The second kappa shape index (κ2) is 5.13. The van der Waals surface area contributed by atoms with Gasteiger partial charge in [-0.1, -0.05) is 22.0 Å². The highest BCUT2D eigenvalue weighted by Gasteiger charge is 2.40. The predicted octanol–water partition coefficient (Wildman–Crippen LogP) is 1.96. The van der Waals surface area contributed by atoms with Gasteiger partial charge in [0, 0.05) is 36.8 Å². The van der Waals surface area contributed by atoms with E-state index < -0.39 is 5.54 Å². The van der Waals surface area contributed by atoms with Crippen LogP contribution in [0.25, 0.3) is 0 Å². The predicted molar refractivity (Wildman–Crippen MR) is 81.1 cm³/mol. The number of nitrogens with zero attached hydrogens (tertiary/aromatic N) is 2. The number of carbonyl (C=O) groups is 1. The molecule has 2 rings (SSSR count). The lowest BCUT2D eigenvalue weighted by molar-refractivity contribution is -0.136. The summed E-state index contributed by atoms with van der Waals surface area (Å²) in [4.78, 5) is 16.2. The van der Waals surface area contributed by atoms with Crippen molar-refractivity contribution in [3.05, 3.63) is 28.2 Å². The number of hydrogen-bond acceptors (Lipinski definition) is 3. The van der Waals surface area contributed by atoms with Gasteiger partial charge in [-0.15, -0.1) is 0 Å². The van der Waals surface area contributed by atoms with E-state index in [2.05, 4.69) is 20.8 Å². The summed E-state index contributed by atoms with van der Waals surface area (Å²) in [5.74, 6) is 0.151. The quantitative estimate of drug-likeness (QED) is 0.904. The van der Waals surface area contributed by atoms with Crippen molar-refractivity contribution in [3.8, 4) is 0 Å². The molecule has 0 aromatic heterocycles. The van der Waals surface area contributed by atoms with Crippen LogP contribution in [0.1, 0.15) is 19.4 Å².